The smallest absolute Gasteiger partial charge is 0.249 e. The number of rotatable bonds is 4. The molecular formula is C16H24N2O2. The molecule has 1 aliphatic carbocycles. The quantitative estimate of drug-likeness (QED) is 0.825. The Labute approximate surface area is 120 Å². The highest BCUT2D eigenvalue weighted by atomic mass is 16.3. The molecule has 0 saturated heterocycles. The maximum Gasteiger partial charge on any atom is 0.249 e. The molecule has 1 unspecified atom stereocenters. The molecule has 0 bridgehead atoms. The summed E-state index contributed by atoms with van der Waals surface area (Å²) in [5, 5.41) is 12.4. The Bertz CT molecular complexity index is 487. The fraction of sp³-hybridized carbons (Fsp3) is 0.562. The Morgan fingerprint density at radius 2 is 2.10 bits per heavy atom. The fourth-order valence-electron chi connectivity index (χ4n) is 2.66. The van der Waals surface area contributed by atoms with Crippen LogP contribution in [0.3, 0.4) is 0 Å². The molecule has 0 saturated carbocycles. The summed E-state index contributed by atoms with van der Waals surface area (Å²) in [5.41, 5.74) is 2.82. The highest BCUT2D eigenvalue weighted by molar-refractivity contribution is 5.95. The van der Waals surface area contributed by atoms with Gasteiger partial charge < -0.3 is 15.3 Å². The molecule has 1 heterocycles. The van der Waals surface area contributed by atoms with Crippen molar-refractivity contribution >= 4 is 5.91 Å². The van der Waals surface area contributed by atoms with Gasteiger partial charge >= 0.3 is 0 Å². The van der Waals surface area contributed by atoms with Crippen LogP contribution in [0.1, 0.15) is 34.1 Å². The number of carbonyl (C=O) groups is 1. The van der Waals surface area contributed by atoms with Gasteiger partial charge in [-0.15, -0.1) is 0 Å². The number of amides is 1. The number of nitrogens with zero attached hydrogens (tertiary/aromatic N) is 1. The molecule has 0 aromatic rings. The third kappa shape index (κ3) is 2.80. The van der Waals surface area contributed by atoms with E-state index in [0.717, 1.165) is 23.1 Å². The van der Waals surface area contributed by atoms with Crippen LogP contribution in [0.2, 0.25) is 0 Å². The lowest BCUT2D eigenvalue weighted by Crippen LogP contribution is -2.37. The SMILES string of the molecule is CC(C)NC(=O)C1=CN(C(C)C)C=C2C(CO)=CCC12. The minimum atomic E-state index is -0.00570. The monoisotopic (exact) mass is 276 g/mol. The summed E-state index contributed by atoms with van der Waals surface area (Å²) in [4.78, 5) is 14.4. The summed E-state index contributed by atoms with van der Waals surface area (Å²) in [6, 6.07) is 0.405. The van der Waals surface area contributed by atoms with Crippen molar-refractivity contribution < 1.29 is 9.90 Å². The molecule has 2 aliphatic rings. The van der Waals surface area contributed by atoms with Crippen LogP contribution in [0, 0.1) is 5.92 Å². The fourth-order valence-corrected chi connectivity index (χ4v) is 2.66. The molecule has 0 fully saturated rings. The second kappa shape index (κ2) is 5.83. The van der Waals surface area contributed by atoms with Crippen molar-refractivity contribution in [2.45, 2.75) is 46.2 Å². The molecule has 2 N–H and O–H groups in total. The molecule has 1 atom stereocenters. The molecule has 0 aromatic carbocycles. The van der Waals surface area contributed by atoms with E-state index in [0.29, 0.717) is 0 Å². The van der Waals surface area contributed by atoms with Gasteiger partial charge in [-0.2, -0.15) is 0 Å². The highest BCUT2D eigenvalue weighted by Gasteiger charge is 2.33. The number of carbonyl (C=O) groups excluding carboxylic acids is 1. The first kappa shape index (κ1) is 14.9. The van der Waals surface area contributed by atoms with Crippen molar-refractivity contribution in [2.75, 3.05) is 6.61 Å². The number of hydrogen-bond acceptors (Lipinski definition) is 3. The largest absolute Gasteiger partial charge is 0.392 e. The van der Waals surface area contributed by atoms with Crippen LogP contribution in [0.25, 0.3) is 0 Å². The van der Waals surface area contributed by atoms with E-state index < -0.39 is 0 Å². The Hall–Kier alpha value is -1.55. The van der Waals surface area contributed by atoms with Gasteiger partial charge in [-0.3, -0.25) is 4.79 Å². The first-order valence-corrected chi connectivity index (χ1v) is 7.26. The van der Waals surface area contributed by atoms with Crippen molar-refractivity contribution in [3.8, 4) is 0 Å². The van der Waals surface area contributed by atoms with Gasteiger partial charge in [0.15, 0.2) is 0 Å². The van der Waals surface area contributed by atoms with Crippen LogP contribution in [0.4, 0.5) is 0 Å². The van der Waals surface area contributed by atoms with Gasteiger partial charge in [-0.25, -0.2) is 0 Å². The van der Waals surface area contributed by atoms with E-state index in [9.17, 15) is 9.90 Å². The number of allylic oxidation sites excluding steroid dienone is 1. The van der Waals surface area contributed by atoms with Crippen LogP contribution in [0.5, 0.6) is 0 Å². The summed E-state index contributed by atoms with van der Waals surface area (Å²) in [7, 11) is 0. The third-order valence-electron chi connectivity index (χ3n) is 3.75. The standard InChI is InChI=1S/C16H24N2O2/c1-10(2)17-16(20)15-8-18(11(3)4)7-14-12(9-19)5-6-13(14)15/h5,7-8,10-11,13,19H,6,9H2,1-4H3,(H,17,20). The second-order valence-corrected chi connectivity index (χ2v) is 6.01. The Morgan fingerprint density at radius 3 is 2.65 bits per heavy atom. The molecule has 1 amide bonds. The van der Waals surface area contributed by atoms with E-state index in [-0.39, 0.29) is 30.5 Å². The maximum atomic E-state index is 12.4. The summed E-state index contributed by atoms with van der Waals surface area (Å²) in [6.07, 6.45) is 6.85. The lowest BCUT2D eigenvalue weighted by molar-refractivity contribution is -0.118. The predicted octanol–water partition coefficient (Wildman–Crippen LogP) is 1.94. The number of fused-ring (bicyclic) bond motifs is 1. The van der Waals surface area contributed by atoms with Crippen LogP contribution < -0.4 is 5.32 Å². The number of nitrogens with one attached hydrogen (secondary N) is 1. The van der Waals surface area contributed by atoms with Crippen LogP contribution >= 0.6 is 0 Å². The minimum Gasteiger partial charge on any atom is -0.392 e. The summed E-state index contributed by atoms with van der Waals surface area (Å²) in [6.45, 7) is 8.13. The van der Waals surface area contributed by atoms with E-state index in [2.05, 4.69) is 30.3 Å². The van der Waals surface area contributed by atoms with E-state index in [1.807, 2.05) is 26.1 Å². The van der Waals surface area contributed by atoms with Gasteiger partial charge in [0.25, 0.3) is 0 Å². The van der Waals surface area contributed by atoms with Gasteiger partial charge in [0.1, 0.15) is 0 Å². The van der Waals surface area contributed by atoms with Gasteiger partial charge in [-0.05, 0) is 45.3 Å². The van der Waals surface area contributed by atoms with Gasteiger partial charge in [-0.1, -0.05) is 6.08 Å². The maximum absolute atomic E-state index is 12.4. The average Bonchev–Trinajstić information content (AvgIpc) is 2.79. The molecule has 0 spiro atoms. The summed E-state index contributed by atoms with van der Waals surface area (Å²) < 4.78 is 0. The molecule has 2 rings (SSSR count). The lowest BCUT2D eigenvalue weighted by atomic mass is 9.88. The van der Waals surface area contributed by atoms with Crippen molar-refractivity contribution in [1.82, 2.24) is 10.2 Å². The lowest BCUT2D eigenvalue weighted by Gasteiger charge is -2.31. The first-order valence-electron chi connectivity index (χ1n) is 7.26. The molecule has 0 radical (unpaired) electrons. The van der Waals surface area contributed by atoms with Crippen molar-refractivity contribution in [3.63, 3.8) is 0 Å². The van der Waals surface area contributed by atoms with E-state index >= 15 is 0 Å². The molecule has 4 nitrogen and oxygen atoms in total. The van der Waals surface area contributed by atoms with E-state index in [1.54, 1.807) is 0 Å². The average molecular weight is 276 g/mol. The normalized spacial score (nSPS) is 21.6. The first-order chi connectivity index (χ1) is 9.43. The number of hydrogen-bond donors (Lipinski definition) is 2. The highest BCUT2D eigenvalue weighted by Crippen LogP contribution is 2.39. The van der Waals surface area contributed by atoms with Crippen molar-refractivity contribution in [3.05, 3.63) is 35.2 Å². The molecule has 0 aromatic heterocycles. The van der Waals surface area contributed by atoms with Crippen molar-refractivity contribution in [2.24, 2.45) is 5.92 Å². The van der Waals surface area contributed by atoms with Gasteiger partial charge in [0, 0.05) is 36.0 Å². The molecule has 1 aliphatic heterocycles. The Morgan fingerprint density at radius 1 is 1.40 bits per heavy atom. The van der Waals surface area contributed by atoms with Crippen LogP contribution in [0.15, 0.2) is 35.2 Å². The third-order valence-corrected chi connectivity index (χ3v) is 3.75. The Balaban J connectivity index is 2.30. The number of aliphatic hydroxyl groups is 1. The van der Waals surface area contributed by atoms with E-state index in [1.165, 1.54) is 0 Å². The number of aliphatic hydroxyl groups excluding tert-OH is 1. The van der Waals surface area contributed by atoms with E-state index in [4.69, 9.17) is 0 Å². The Kier molecular flexibility index (Phi) is 4.33. The predicted molar refractivity (Wildman–Crippen MR) is 79.7 cm³/mol. The topological polar surface area (TPSA) is 52.6 Å². The zero-order chi connectivity index (χ0) is 14.9. The van der Waals surface area contributed by atoms with Crippen LogP contribution in [-0.4, -0.2) is 34.6 Å². The molecule has 20 heavy (non-hydrogen) atoms. The molecule has 4 heteroatoms. The van der Waals surface area contributed by atoms with Gasteiger partial charge in [0.2, 0.25) is 5.91 Å². The minimum absolute atomic E-state index is 0.00570. The second-order valence-electron chi connectivity index (χ2n) is 6.01. The zero-order valence-electron chi connectivity index (χ0n) is 12.7. The molecule has 110 valence electrons. The summed E-state index contributed by atoms with van der Waals surface area (Å²) in [5.74, 6) is 0.0831. The summed E-state index contributed by atoms with van der Waals surface area (Å²) >= 11 is 0. The molecular weight excluding hydrogens is 252 g/mol. The zero-order valence-corrected chi connectivity index (χ0v) is 12.7. The van der Waals surface area contributed by atoms with Crippen LogP contribution in [-0.2, 0) is 4.79 Å². The van der Waals surface area contributed by atoms with Gasteiger partial charge in [0.05, 0.1) is 6.61 Å². The van der Waals surface area contributed by atoms with Crippen molar-refractivity contribution in [1.29, 1.82) is 0 Å².